The van der Waals surface area contributed by atoms with Gasteiger partial charge in [-0.25, -0.2) is 4.79 Å². The minimum atomic E-state index is -1.06. The number of non-ortho nitro benzene ring substituents is 1. The Morgan fingerprint density at radius 1 is 1.48 bits per heavy atom. The molecule has 8 nitrogen and oxygen atoms in total. The van der Waals surface area contributed by atoms with Gasteiger partial charge in [0.1, 0.15) is 11.8 Å². The average molecular weight is 298 g/mol. The number of methoxy groups -OCH3 is 1. The van der Waals surface area contributed by atoms with Gasteiger partial charge in [0.2, 0.25) is 0 Å². The van der Waals surface area contributed by atoms with Crippen LogP contribution in [0.1, 0.15) is 13.3 Å². The van der Waals surface area contributed by atoms with Crippen molar-refractivity contribution in [1.29, 1.82) is 0 Å². The van der Waals surface area contributed by atoms with Crippen LogP contribution >= 0.6 is 0 Å². The van der Waals surface area contributed by atoms with Crippen molar-refractivity contribution in [3.05, 3.63) is 28.3 Å². The average Bonchev–Trinajstić information content (AvgIpc) is 2.43. The molecule has 0 aliphatic heterocycles. The number of carboxylic acid groups (broad SMARTS) is 1. The Morgan fingerprint density at radius 3 is 2.71 bits per heavy atom. The van der Waals surface area contributed by atoms with E-state index in [0.717, 1.165) is 0 Å². The van der Waals surface area contributed by atoms with E-state index in [1.165, 1.54) is 25.3 Å². The zero-order valence-electron chi connectivity index (χ0n) is 11.9. The van der Waals surface area contributed by atoms with E-state index in [1.54, 1.807) is 6.92 Å². The third-order valence-corrected chi connectivity index (χ3v) is 2.66. The second-order valence-corrected chi connectivity index (χ2v) is 4.22. The number of ether oxygens (including phenoxy) is 2. The number of aliphatic carboxylic acids is 1. The molecule has 0 aliphatic carbocycles. The molecule has 0 spiro atoms. The van der Waals surface area contributed by atoms with Gasteiger partial charge in [0, 0.05) is 38.0 Å². The molecule has 0 radical (unpaired) electrons. The summed E-state index contributed by atoms with van der Waals surface area (Å²) in [7, 11) is 1.47. The summed E-state index contributed by atoms with van der Waals surface area (Å²) in [5.41, 5.74) is 0.149. The Hall–Kier alpha value is -2.35. The molecule has 0 bridgehead atoms. The van der Waals surface area contributed by atoms with Gasteiger partial charge in [0.25, 0.3) is 5.69 Å². The first-order valence-electron chi connectivity index (χ1n) is 6.38. The number of nitrogens with one attached hydrogen (secondary N) is 1. The number of carbonyl (C=O) groups is 1. The van der Waals surface area contributed by atoms with Gasteiger partial charge in [0.05, 0.1) is 17.6 Å². The number of anilines is 1. The predicted octanol–water partition coefficient (Wildman–Crippen LogP) is 1.90. The molecule has 1 unspecified atom stereocenters. The molecule has 2 N–H and O–H groups in total. The van der Waals surface area contributed by atoms with Gasteiger partial charge in [-0.15, -0.1) is 0 Å². The van der Waals surface area contributed by atoms with E-state index in [2.05, 4.69) is 5.32 Å². The van der Waals surface area contributed by atoms with Gasteiger partial charge < -0.3 is 19.9 Å². The molecule has 21 heavy (non-hydrogen) atoms. The van der Waals surface area contributed by atoms with E-state index < -0.39 is 16.9 Å². The maximum atomic E-state index is 11.2. The number of nitrogens with zero attached hydrogens (tertiary/aromatic N) is 1. The lowest BCUT2D eigenvalue weighted by molar-refractivity contribution is -0.384. The first-order chi connectivity index (χ1) is 9.97. The van der Waals surface area contributed by atoms with Crippen molar-refractivity contribution >= 4 is 17.3 Å². The van der Waals surface area contributed by atoms with Gasteiger partial charge >= 0.3 is 5.97 Å². The maximum absolute atomic E-state index is 11.2. The van der Waals surface area contributed by atoms with Crippen molar-refractivity contribution in [1.82, 2.24) is 0 Å². The van der Waals surface area contributed by atoms with Crippen molar-refractivity contribution in [3.8, 4) is 5.75 Å². The number of hydrogen-bond donors (Lipinski definition) is 2. The molecule has 0 aliphatic rings. The molecule has 8 heteroatoms. The number of nitro groups is 1. The highest BCUT2D eigenvalue weighted by Gasteiger charge is 2.19. The fourth-order valence-corrected chi connectivity index (χ4v) is 1.72. The third kappa shape index (κ3) is 5.27. The first kappa shape index (κ1) is 16.7. The highest BCUT2D eigenvalue weighted by atomic mass is 16.6. The highest BCUT2D eigenvalue weighted by Crippen LogP contribution is 2.26. The van der Waals surface area contributed by atoms with Crippen LogP contribution in [0, 0.1) is 10.1 Å². The normalized spacial score (nSPS) is 11.7. The fourth-order valence-electron chi connectivity index (χ4n) is 1.72. The summed E-state index contributed by atoms with van der Waals surface area (Å²) in [6.07, 6.45) is 0.235. The lowest BCUT2D eigenvalue weighted by Gasteiger charge is -2.16. The smallest absolute Gasteiger partial charge is 0.326 e. The van der Waals surface area contributed by atoms with Crippen LogP contribution in [0.2, 0.25) is 0 Å². The van der Waals surface area contributed by atoms with E-state index in [4.69, 9.17) is 14.6 Å². The van der Waals surface area contributed by atoms with Crippen LogP contribution in [0.3, 0.4) is 0 Å². The zero-order chi connectivity index (χ0) is 15.8. The summed E-state index contributed by atoms with van der Waals surface area (Å²) < 4.78 is 10.1. The SMILES string of the molecule is CCOc1cc(NC(CCOC)C(=O)O)cc([N+](=O)[O-])c1. The Morgan fingerprint density at radius 2 is 2.19 bits per heavy atom. The van der Waals surface area contributed by atoms with Crippen LogP contribution in [0.4, 0.5) is 11.4 Å². The molecule has 0 fully saturated rings. The maximum Gasteiger partial charge on any atom is 0.326 e. The molecule has 1 atom stereocenters. The Bertz CT molecular complexity index is 505. The van der Waals surface area contributed by atoms with E-state index in [1.807, 2.05) is 0 Å². The minimum Gasteiger partial charge on any atom is -0.494 e. The van der Waals surface area contributed by atoms with E-state index >= 15 is 0 Å². The van der Waals surface area contributed by atoms with Crippen LogP contribution < -0.4 is 10.1 Å². The van der Waals surface area contributed by atoms with Crippen molar-refractivity contribution in [3.63, 3.8) is 0 Å². The van der Waals surface area contributed by atoms with E-state index in [9.17, 15) is 14.9 Å². The molecule has 1 aromatic rings. The van der Waals surface area contributed by atoms with Crippen molar-refractivity contribution in [2.45, 2.75) is 19.4 Å². The molecular weight excluding hydrogens is 280 g/mol. The van der Waals surface area contributed by atoms with E-state index in [-0.39, 0.29) is 18.7 Å². The molecule has 0 amide bonds. The summed E-state index contributed by atoms with van der Waals surface area (Å²) in [6, 6.07) is 3.19. The standard InChI is InChI=1S/C13H18N2O6/c1-3-21-11-7-9(6-10(8-11)15(18)19)14-12(13(16)17)4-5-20-2/h6-8,12,14H,3-5H2,1-2H3,(H,16,17). The summed E-state index contributed by atoms with van der Waals surface area (Å²) in [6.45, 7) is 2.37. The monoisotopic (exact) mass is 298 g/mol. The number of carboxylic acids is 1. The van der Waals surface area contributed by atoms with Gasteiger partial charge in [-0.3, -0.25) is 10.1 Å². The molecular formula is C13H18N2O6. The Labute approximate surface area is 121 Å². The highest BCUT2D eigenvalue weighted by molar-refractivity contribution is 5.77. The first-order valence-corrected chi connectivity index (χ1v) is 6.38. The van der Waals surface area contributed by atoms with Gasteiger partial charge in [-0.05, 0) is 6.92 Å². The number of rotatable bonds is 9. The summed E-state index contributed by atoms with van der Waals surface area (Å²) in [4.78, 5) is 21.5. The van der Waals surface area contributed by atoms with Crippen LogP contribution in [0.5, 0.6) is 5.75 Å². The minimum absolute atomic E-state index is 0.167. The number of hydrogen-bond acceptors (Lipinski definition) is 6. The number of benzene rings is 1. The van der Waals surface area contributed by atoms with Crippen molar-refractivity contribution in [2.24, 2.45) is 0 Å². The lowest BCUT2D eigenvalue weighted by Crippen LogP contribution is -2.30. The predicted molar refractivity (Wildman–Crippen MR) is 75.8 cm³/mol. The molecule has 1 aromatic carbocycles. The van der Waals surface area contributed by atoms with Crippen molar-refractivity contribution in [2.75, 3.05) is 25.6 Å². The van der Waals surface area contributed by atoms with Crippen LogP contribution in [-0.2, 0) is 9.53 Å². The van der Waals surface area contributed by atoms with Gasteiger partial charge in [-0.2, -0.15) is 0 Å². The largest absolute Gasteiger partial charge is 0.494 e. The second kappa shape index (κ2) is 8.05. The Kier molecular flexibility index (Phi) is 6.41. The molecule has 0 aromatic heterocycles. The molecule has 0 saturated heterocycles. The summed E-state index contributed by atoms with van der Waals surface area (Å²) >= 11 is 0. The molecule has 116 valence electrons. The summed E-state index contributed by atoms with van der Waals surface area (Å²) in [5, 5.41) is 22.8. The molecule has 1 rings (SSSR count). The molecule has 0 saturated carbocycles. The van der Waals surface area contributed by atoms with Crippen LogP contribution in [0.25, 0.3) is 0 Å². The van der Waals surface area contributed by atoms with Crippen LogP contribution in [-0.4, -0.2) is 42.4 Å². The second-order valence-electron chi connectivity index (χ2n) is 4.22. The lowest BCUT2D eigenvalue weighted by atomic mass is 10.2. The topological polar surface area (TPSA) is 111 Å². The fraction of sp³-hybridized carbons (Fsp3) is 0.462. The third-order valence-electron chi connectivity index (χ3n) is 2.66. The van der Waals surface area contributed by atoms with E-state index in [0.29, 0.717) is 18.0 Å². The number of nitro benzene ring substituents is 1. The quantitative estimate of drug-likeness (QED) is 0.529. The van der Waals surface area contributed by atoms with Crippen molar-refractivity contribution < 1.29 is 24.3 Å². The Balaban J connectivity index is 2.98. The van der Waals surface area contributed by atoms with Gasteiger partial charge in [-0.1, -0.05) is 0 Å². The zero-order valence-corrected chi connectivity index (χ0v) is 11.9. The van der Waals surface area contributed by atoms with Crippen LogP contribution in [0.15, 0.2) is 18.2 Å². The van der Waals surface area contributed by atoms with Gasteiger partial charge in [0.15, 0.2) is 0 Å². The molecule has 0 heterocycles. The summed E-state index contributed by atoms with van der Waals surface area (Å²) in [5.74, 6) is -0.749.